The molecule has 0 saturated heterocycles. The Morgan fingerprint density at radius 2 is 1.44 bits per heavy atom. The Kier molecular flexibility index (Phi) is 10.8. The molecule has 0 fully saturated rings. The largest absolute Gasteiger partial charge is 0.480 e. The minimum atomic E-state index is -1.50. The van der Waals surface area contributed by atoms with E-state index in [1.165, 1.54) is 6.92 Å². The molecular formula is C20H29N5O7. The van der Waals surface area contributed by atoms with E-state index >= 15 is 0 Å². The Balaban J connectivity index is 2.91. The van der Waals surface area contributed by atoms with E-state index in [4.69, 9.17) is 11.5 Å². The number of aliphatic hydroxyl groups is 1. The van der Waals surface area contributed by atoms with Crippen LogP contribution in [0.4, 0.5) is 0 Å². The van der Waals surface area contributed by atoms with Gasteiger partial charge in [-0.2, -0.15) is 0 Å². The zero-order valence-corrected chi connectivity index (χ0v) is 17.6. The first-order valence-corrected chi connectivity index (χ1v) is 9.87. The summed E-state index contributed by atoms with van der Waals surface area (Å²) in [6.07, 6.45) is -0.458. The van der Waals surface area contributed by atoms with Crippen molar-refractivity contribution in [3.63, 3.8) is 0 Å². The van der Waals surface area contributed by atoms with E-state index in [0.29, 0.717) is 0 Å². The van der Waals surface area contributed by atoms with Gasteiger partial charge in [0.25, 0.3) is 0 Å². The molecule has 4 atom stereocenters. The van der Waals surface area contributed by atoms with Gasteiger partial charge in [-0.15, -0.1) is 0 Å². The number of nitrogens with one attached hydrogen (secondary N) is 3. The fourth-order valence-electron chi connectivity index (χ4n) is 2.64. The fourth-order valence-corrected chi connectivity index (χ4v) is 2.64. The summed E-state index contributed by atoms with van der Waals surface area (Å²) in [5.41, 5.74) is 11.3. The molecule has 0 aliphatic heterocycles. The van der Waals surface area contributed by atoms with Crippen LogP contribution in [0.1, 0.15) is 25.3 Å². The smallest absolute Gasteiger partial charge is 0.326 e. The van der Waals surface area contributed by atoms with Gasteiger partial charge in [0.15, 0.2) is 0 Å². The van der Waals surface area contributed by atoms with Gasteiger partial charge in [-0.05, 0) is 18.9 Å². The van der Waals surface area contributed by atoms with Gasteiger partial charge in [0.1, 0.15) is 18.1 Å². The monoisotopic (exact) mass is 451 g/mol. The van der Waals surface area contributed by atoms with Crippen molar-refractivity contribution < 1.29 is 34.2 Å². The summed E-state index contributed by atoms with van der Waals surface area (Å²) in [6.45, 7) is 0.605. The molecule has 0 bridgehead atoms. The molecule has 0 saturated carbocycles. The highest BCUT2D eigenvalue weighted by Crippen LogP contribution is 2.05. The van der Waals surface area contributed by atoms with Crippen LogP contribution < -0.4 is 27.4 Å². The Bertz CT molecular complexity index is 816. The fraction of sp³-hybridized carbons (Fsp3) is 0.450. The zero-order chi connectivity index (χ0) is 24.3. The molecule has 1 aromatic rings. The number of carboxylic acid groups (broad SMARTS) is 1. The minimum Gasteiger partial charge on any atom is -0.480 e. The van der Waals surface area contributed by atoms with E-state index < -0.39 is 60.4 Å². The van der Waals surface area contributed by atoms with Crippen LogP contribution in [-0.4, -0.2) is 70.6 Å². The Morgan fingerprint density at radius 1 is 0.906 bits per heavy atom. The van der Waals surface area contributed by atoms with Crippen molar-refractivity contribution in [1.82, 2.24) is 16.0 Å². The summed E-state index contributed by atoms with van der Waals surface area (Å²) in [5.74, 6) is -4.50. The average molecular weight is 451 g/mol. The predicted molar refractivity (Wildman–Crippen MR) is 113 cm³/mol. The van der Waals surface area contributed by atoms with Gasteiger partial charge >= 0.3 is 5.97 Å². The standard InChI is InChI=1S/C20H29N5O7/c1-11(21)17(28)24-14(9-12-5-3-2-4-6-12)18(29)25-15(10-26)19(30)23-13(20(31)32)7-8-16(22)27/h2-6,11,13-15,26H,7-10,21H2,1H3,(H2,22,27)(H,23,30)(H,24,28)(H,25,29)(H,31,32). The van der Waals surface area contributed by atoms with Crippen molar-refractivity contribution in [2.24, 2.45) is 11.5 Å². The lowest BCUT2D eigenvalue weighted by molar-refractivity contribution is -0.143. The first-order valence-electron chi connectivity index (χ1n) is 9.87. The number of carbonyl (C=O) groups excluding carboxylic acids is 4. The lowest BCUT2D eigenvalue weighted by atomic mass is 10.0. The molecule has 1 rings (SSSR count). The van der Waals surface area contributed by atoms with E-state index in [2.05, 4.69) is 16.0 Å². The number of carbonyl (C=O) groups is 5. The van der Waals surface area contributed by atoms with Crippen molar-refractivity contribution >= 4 is 29.6 Å². The van der Waals surface area contributed by atoms with E-state index in [1.54, 1.807) is 30.3 Å². The lowest BCUT2D eigenvalue weighted by Crippen LogP contribution is -2.58. The molecule has 12 nitrogen and oxygen atoms in total. The second-order valence-corrected chi connectivity index (χ2v) is 7.19. The Labute approximate surface area is 184 Å². The molecular weight excluding hydrogens is 422 g/mol. The number of aliphatic carboxylic acids is 1. The summed E-state index contributed by atoms with van der Waals surface area (Å²) in [6, 6.07) is 3.82. The molecule has 0 heterocycles. The number of nitrogens with two attached hydrogens (primary N) is 2. The predicted octanol–water partition coefficient (Wildman–Crippen LogP) is -2.63. The topological polar surface area (TPSA) is 214 Å². The third-order valence-corrected chi connectivity index (χ3v) is 4.44. The molecule has 32 heavy (non-hydrogen) atoms. The van der Waals surface area contributed by atoms with Crippen LogP contribution in [0.15, 0.2) is 30.3 Å². The highest BCUT2D eigenvalue weighted by molar-refractivity contribution is 5.94. The number of amides is 4. The highest BCUT2D eigenvalue weighted by atomic mass is 16.4. The van der Waals surface area contributed by atoms with Gasteiger partial charge in [-0.1, -0.05) is 30.3 Å². The second kappa shape index (κ2) is 13.0. The molecule has 0 aliphatic carbocycles. The summed E-state index contributed by atoms with van der Waals surface area (Å²) in [7, 11) is 0. The van der Waals surface area contributed by atoms with Crippen molar-refractivity contribution in [3.05, 3.63) is 35.9 Å². The number of benzene rings is 1. The summed E-state index contributed by atoms with van der Waals surface area (Å²) >= 11 is 0. The number of aliphatic hydroxyl groups excluding tert-OH is 1. The van der Waals surface area contributed by atoms with Gasteiger partial charge in [-0.25, -0.2) is 4.79 Å². The maximum absolute atomic E-state index is 12.8. The van der Waals surface area contributed by atoms with Crippen LogP contribution in [0.25, 0.3) is 0 Å². The third-order valence-electron chi connectivity index (χ3n) is 4.44. The van der Waals surface area contributed by atoms with Crippen molar-refractivity contribution in [3.8, 4) is 0 Å². The summed E-state index contributed by atoms with van der Waals surface area (Å²) in [4.78, 5) is 59.4. The molecule has 0 aliphatic rings. The quantitative estimate of drug-likeness (QED) is 0.168. The molecule has 176 valence electrons. The molecule has 0 aromatic heterocycles. The molecule has 12 heteroatoms. The molecule has 0 radical (unpaired) electrons. The number of hydrogen-bond donors (Lipinski definition) is 7. The SMILES string of the molecule is CC(N)C(=O)NC(Cc1ccccc1)C(=O)NC(CO)C(=O)NC(CCC(N)=O)C(=O)O. The van der Waals surface area contributed by atoms with Crippen molar-refractivity contribution in [2.75, 3.05) is 6.61 Å². The third kappa shape index (κ3) is 9.10. The van der Waals surface area contributed by atoms with Gasteiger partial charge < -0.3 is 37.6 Å². The molecule has 1 aromatic carbocycles. The van der Waals surface area contributed by atoms with Gasteiger partial charge in [0, 0.05) is 12.8 Å². The van der Waals surface area contributed by atoms with E-state index in [1.807, 2.05) is 0 Å². The van der Waals surface area contributed by atoms with Crippen LogP contribution in [0, 0.1) is 0 Å². The number of rotatable bonds is 13. The highest BCUT2D eigenvalue weighted by Gasteiger charge is 2.29. The summed E-state index contributed by atoms with van der Waals surface area (Å²) in [5, 5.41) is 25.7. The van der Waals surface area contributed by atoms with Crippen LogP contribution in [0.5, 0.6) is 0 Å². The minimum absolute atomic E-state index is 0.0846. The van der Waals surface area contributed by atoms with Crippen LogP contribution >= 0.6 is 0 Å². The molecule has 4 amide bonds. The molecule has 0 spiro atoms. The Hall–Kier alpha value is -3.51. The number of hydrogen-bond acceptors (Lipinski definition) is 7. The molecule has 9 N–H and O–H groups in total. The normalized spacial score (nSPS) is 14.3. The maximum Gasteiger partial charge on any atom is 0.326 e. The van der Waals surface area contributed by atoms with E-state index in [-0.39, 0.29) is 19.3 Å². The van der Waals surface area contributed by atoms with Crippen molar-refractivity contribution in [2.45, 2.75) is 50.4 Å². The second-order valence-electron chi connectivity index (χ2n) is 7.19. The average Bonchev–Trinajstić information content (AvgIpc) is 2.74. The number of carboxylic acids is 1. The van der Waals surface area contributed by atoms with Gasteiger partial charge in [-0.3, -0.25) is 19.2 Å². The summed E-state index contributed by atoms with van der Waals surface area (Å²) < 4.78 is 0. The van der Waals surface area contributed by atoms with Crippen LogP contribution in [-0.2, 0) is 30.4 Å². The van der Waals surface area contributed by atoms with Crippen molar-refractivity contribution in [1.29, 1.82) is 0 Å². The lowest BCUT2D eigenvalue weighted by Gasteiger charge is -2.24. The number of primary amides is 1. The van der Waals surface area contributed by atoms with Gasteiger partial charge in [0.2, 0.25) is 23.6 Å². The first-order chi connectivity index (χ1) is 15.0. The Morgan fingerprint density at radius 3 is 1.94 bits per heavy atom. The zero-order valence-electron chi connectivity index (χ0n) is 17.6. The first kappa shape index (κ1) is 26.5. The maximum atomic E-state index is 12.8. The van der Waals surface area contributed by atoms with Gasteiger partial charge in [0.05, 0.1) is 12.6 Å². The van der Waals surface area contributed by atoms with Crippen LogP contribution in [0.2, 0.25) is 0 Å². The molecule has 4 unspecified atom stereocenters. The van der Waals surface area contributed by atoms with E-state index in [9.17, 15) is 34.2 Å². The van der Waals surface area contributed by atoms with Crippen LogP contribution in [0.3, 0.4) is 0 Å². The van der Waals surface area contributed by atoms with E-state index in [0.717, 1.165) is 5.56 Å².